The summed E-state index contributed by atoms with van der Waals surface area (Å²) in [6, 6.07) is 10.7. The van der Waals surface area contributed by atoms with Crippen LogP contribution in [0.4, 0.5) is 0 Å². The zero-order chi connectivity index (χ0) is 10.7. The fourth-order valence-electron chi connectivity index (χ4n) is 2.00. The number of alkyl halides is 1. The number of rotatable bonds is 2. The predicted octanol–water partition coefficient (Wildman–Crippen LogP) is 5.09. The van der Waals surface area contributed by atoms with Gasteiger partial charge in [-0.25, -0.2) is 0 Å². The standard InChI is InChI=1S/C13H14ClI/c14-12-8-6-11(7-9-12)13(15)10-4-2-1-3-5-10/h1-5,8,11,13H,6-7,9H2/t11-,13?/m0/s1. The summed E-state index contributed by atoms with van der Waals surface area (Å²) >= 11 is 8.55. The van der Waals surface area contributed by atoms with Crippen LogP contribution in [0.15, 0.2) is 41.4 Å². The number of halogens is 2. The minimum atomic E-state index is 0.616. The first-order valence-electron chi connectivity index (χ1n) is 5.31. The van der Waals surface area contributed by atoms with Gasteiger partial charge in [0.15, 0.2) is 0 Å². The largest absolute Gasteiger partial charge is 0.0895 e. The van der Waals surface area contributed by atoms with Crippen LogP contribution < -0.4 is 0 Å². The average molecular weight is 333 g/mol. The summed E-state index contributed by atoms with van der Waals surface area (Å²) in [5, 5.41) is 1.04. The lowest BCUT2D eigenvalue weighted by Crippen LogP contribution is -2.10. The topological polar surface area (TPSA) is 0 Å². The van der Waals surface area contributed by atoms with Crippen LogP contribution in [0.25, 0.3) is 0 Å². The third-order valence-electron chi connectivity index (χ3n) is 2.93. The summed E-state index contributed by atoms with van der Waals surface area (Å²) in [6.45, 7) is 0. The number of hydrogen-bond acceptors (Lipinski definition) is 0. The Balaban J connectivity index is 2.06. The molecule has 0 radical (unpaired) electrons. The first-order valence-corrected chi connectivity index (χ1v) is 6.93. The summed E-state index contributed by atoms with van der Waals surface area (Å²) in [7, 11) is 0. The van der Waals surface area contributed by atoms with Gasteiger partial charge in [-0.15, -0.1) is 0 Å². The molecule has 0 nitrogen and oxygen atoms in total. The van der Waals surface area contributed by atoms with E-state index < -0.39 is 0 Å². The molecule has 1 aliphatic carbocycles. The van der Waals surface area contributed by atoms with Crippen LogP contribution in [0, 0.1) is 5.92 Å². The molecular weight excluding hydrogens is 319 g/mol. The first-order chi connectivity index (χ1) is 7.27. The molecule has 1 unspecified atom stereocenters. The van der Waals surface area contributed by atoms with Crippen molar-refractivity contribution in [3.8, 4) is 0 Å². The van der Waals surface area contributed by atoms with Crippen molar-refractivity contribution in [2.24, 2.45) is 5.92 Å². The molecular formula is C13H14ClI. The lowest BCUT2D eigenvalue weighted by molar-refractivity contribution is 0.477. The van der Waals surface area contributed by atoms with Gasteiger partial charge in [0.05, 0.1) is 0 Å². The van der Waals surface area contributed by atoms with Crippen molar-refractivity contribution in [2.75, 3.05) is 0 Å². The Labute approximate surface area is 110 Å². The highest BCUT2D eigenvalue weighted by molar-refractivity contribution is 14.1. The van der Waals surface area contributed by atoms with Crippen LogP contribution in [-0.4, -0.2) is 0 Å². The smallest absolute Gasteiger partial charge is 0.0390 e. The maximum absolute atomic E-state index is 5.99. The van der Waals surface area contributed by atoms with Crippen molar-refractivity contribution in [1.82, 2.24) is 0 Å². The number of allylic oxidation sites excluding steroid dienone is 2. The van der Waals surface area contributed by atoms with E-state index in [0.717, 1.165) is 23.8 Å². The van der Waals surface area contributed by atoms with E-state index in [2.05, 4.69) is 59.0 Å². The summed E-state index contributed by atoms with van der Waals surface area (Å²) in [4.78, 5) is 0. The Hall–Kier alpha value is -0.0200. The van der Waals surface area contributed by atoms with Gasteiger partial charge in [-0.1, -0.05) is 70.6 Å². The van der Waals surface area contributed by atoms with Crippen molar-refractivity contribution in [3.63, 3.8) is 0 Å². The van der Waals surface area contributed by atoms with Crippen LogP contribution in [0.5, 0.6) is 0 Å². The van der Waals surface area contributed by atoms with Gasteiger partial charge >= 0.3 is 0 Å². The van der Waals surface area contributed by atoms with E-state index in [0.29, 0.717) is 3.92 Å². The van der Waals surface area contributed by atoms with Crippen molar-refractivity contribution < 1.29 is 0 Å². The van der Waals surface area contributed by atoms with Gasteiger partial charge in [-0.05, 0) is 30.7 Å². The molecule has 2 atom stereocenters. The second kappa shape index (κ2) is 5.35. The molecule has 2 heteroatoms. The molecule has 0 fully saturated rings. The van der Waals surface area contributed by atoms with Crippen molar-refractivity contribution in [3.05, 3.63) is 47.0 Å². The van der Waals surface area contributed by atoms with E-state index in [1.54, 1.807) is 0 Å². The fourth-order valence-corrected chi connectivity index (χ4v) is 3.26. The minimum absolute atomic E-state index is 0.616. The predicted molar refractivity (Wildman–Crippen MR) is 74.5 cm³/mol. The second-order valence-electron chi connectivity index (χ2n) is 4.00. The van der Waals surface area contributed by atoms with Gasteiger partial charge in [0.25, 0.3) is 0 Å². The van der Waals surface area contributed by atoms with Gasteiger partial charge in [-0.3, -0.25) is 0 Å². The van der Waals surface area contributed by atoms with Gasteiger partial charge in [0.1, 0.15) is 0 Å². The minimum Gasteiger partial charge on any atom is -0.0895 e. The molecule has 1 aliphatic rings. The summed E-state index contributed by atoms with van der Waals surface area (Å²) < 4.78 is 0.616. The lowest BCUT2D eigenvalue weighted by atomic mass is 9.88. The van der Waals surface area contributed by atoms with Gasteiger partial charge in [-0.2, -0.15) is 0 Å². The number of benzene rings is 1. The Morgan fingerprint density at radius 3 is 2.60 bits per heavy atom. The van der Waals surface area contributed by atoms with Crippen LogP contribution >= 0.6 is 34.2 Å². The highest BCUT2D eigenvalue weighted by Gasteiger charge is 2.22. The maximum Gasteiger partial charge on any atom is 0.0390 e. The van der Waals surface area contributed by atoms with E-state index in [1.807, 2.05) is 0 Å². The molecule has 0 aromatic heterocycles. The van der Waals surface area contributed by atoms with Crippen LogP contribution in [0.3, 0.4) is 0 Å². The van der Waals surface area contributed by atoms with E-state index in [9.17, 15) is 0 Å². The molecule has 1 aromatic rings. The average Bonchev–Trinajstić information content (AvgIpc) is 2.30. The molecule has 0 saturated carbocycles. The van der Waals surface area contributed by atoms with E-state index in [4.69, 9.17) is 11.6 Å². The maximum atomic E-state index is 5.99. The van der Waals surface area contributed by atoms with Crippen LogP contribution in [0.2, 0.25) is 0 Å². The quantitative estimate of drug-likeness (QED) is 0.523. The first kappa shape index (κ1) is 11.5. The Bertz CT molecular complexity index is 345. The van der Waals surface area contributed by atoms with Crippen LogP contribution in [0.1, 0.15) is 28.8 Å². The van der Waals surface area contributed by atoms with Gasteiger partial charge in [0.2, 0.25) is 0 Å². The summed E-state index contributed by atoms with van der Waals surface area (Å²) in [6.07, 6.45) is 5.59. The molecule has 1 aromatic carbocycles. The monoisotopic (exact) mass is 332 g/mol. The summed E-state index contributed by atoms with van der Waals surface area (Å²) in [5.74, 6) is 0.746. The van der Waals surface area contributed by atoms with E-state index >= 15 is 0 Å². The molecule has 0 saturated heterocycles. The fraction of sp³-hybridized carbons (Fsp3) is 0.385. The third kappa shape index (κ3) is 2.97. The van der Waals surface area contributed by atoms with E-state index in [1.165, 1.54) is 12.0 Å². The summed E-state index contributed by atoms with van der Waals surface area (Å²) in [5.41, 5.74) is 1.44. The molecule has 0 aliphatic heterocycles. The SMILES string of the molecule is ClC1=CC[C@H](C(I)c2ccccc2)CC1. The zero-order valence-electron chi connectivity index (χ0n) is 8.50. The molecule has 2 rings (SSSR count). The van der Waals surface area contributed by atoms with Crippen LogP contribution in [-0.2, 0) is 0 Å². The molecule has 0 spiro atoms. The highest BCUT2D eigenvalue weighted by atomic mass is 127. The van der Waals surface area contributed by atoms with E-state index in [-0.39, 0.29) is 0 Å². The third-order valence-corrected chi connectivity index (χ3v) is 5.01. The zero-order valence-corrected chi connectivity index (χ0v) is 11.4. The molecule has 0 heterocycles. The van der Waals surface area contributed by atoms with Crippen molar-refractivity contribution in [2.45, 2.75) is 23.2 Å². The van der Waals surface area contributed by atoms with Gasteiger partial charge < -0.3 is 0 Å². The highest BCUT2D eigenvalue weighted by Crippen LogP contribution is 2.40. The van der Waals surface area contributed by atoms with Crippen molar-refractivity contribution in [1.29, 1.82) is 0 Å². The molecule has 15 heavy (non-hydrogen) atoms. The molecule has 80 valence electrons. The lowest BCUT2D eigenvalue weighted by Gasteiger charge is -2.24. The normalized spacial score (nSPS) is 23.3. The molecule has 0 N–H and O–H groups in total. The molecule has 0 amide bonds. The Morgan fingerprint density at radius 2 is 2.00 bits per heavy atom. The number of hydrogen-bond donors (Lipinski definition) is 0. The Morgan fingerprint density at radius 1 is 1.27 bits per heavy atom. The Kier molecular flexibility index (Phi) is 4.09. The second-order valence-corrected chi connectivity index (χ2v) is 5.83. The van der Waals surface area contributed by atoms with Crippen molar-refractivity contribution >= 4 is 34.2 Å². The molecule has 0 bridgehead atoms. The van der Waals surface area contributed by atoms with Gasteiger partial charge in [0, 0.05) is 8.96 Å².